The molecule has 0 heterocycles. The number of rotatable bonds is 3. The molecule has 0 amide bonds. The highest BCUT2D eigenvalue weighted by atomic mass is 16.5. The molecule has 0 spiro atoms. The third kappa shape index (κ3) is 2.90. The van der Waals surface area contributed by atoms with Crippen LogP contribution in [0.15, 0.2) is 24.3 Å². The van der Waals surface area contributed by atoms with Crippen LogP contribution in [0.5, 0.6) is 0 Å². The van der Waals surface area contributed by atoms with Crippen LogP contribution in [0.3, 0.4) is 0 Å². The van der Waals surface area contributed by atoms with Crippen molar-refractivity contribution in [2.75, 3.05) is 7.11 Å². The topological polar surface area (TPSA) is 26.3 Å². The quantitative estimate of drug-likeness (QED) is 0.663. The molecule has 0 radical (unpaired) electrons. The molecule has 2 nitrogen and oxygen atoms in total. The minimum Gasteiger partial charge on any atom is -0.469 e. The fourth-order valence-corrected chi connectivity index (χ4v) is 1.04. The monoisotopic (exact) mass is 179 g/mol. The van der Waals surface area contributed by atoms with E-state index in [2.05, 4.69) is 11.7 Å². The molecule has 1 rings (SSSR count). The summed E-state index contributed by atoms with van der Waals surface area (Å²) in [5.41, 5.74) is 1.87. The fourth-order valence-electron chi connectivity index (χ4n) is 1.04. The van der Waals surface area contributed by atoms with Gasteiger partial charge in [0, 0.05) is 1.37 Å². The minimum atomic E-state index is -0.925. The molecule has 1 aromatic carbocycles. The summed E-state index contributed by atoms with van der Waals surface area (Å²) in [6.07, 6.45) is 0.0344. The molecule has 0 saturated heterocycles. The highest BCUT2D eigenvalue weighted by Crippen LogP contribution is 2.05. The zero-order valence-corrected chi connectivity index (χ0v) is 7.91. The summed E-state index contributed by atoms with van der Waals surface area (Å²) >= 11 is 0. The predicted octanol–water partition coefficient (Wildman–Crippen LogP) is 1.96. The van der Waals surface area contributed by atoms with Crippen molar-refractivity contribution in [1.82, 2.24) is 0 Å². The number of benzene rings is 1. The van der Waals surface area contributed by atoms with Crippen LogP contribution < -0.4 is 0 Å². The lowest BCUT2D eigenvalue weighted by Gasteiger charge is -2.00. The number of carbonyl (C=O) groups is 1. The summed E-state index contributed by atoms with van der Waals surface area (Å²) in [6, 6.07) is 7.46. The van der Waals surface area contributed by atoms with Gasteiger partial charge in [-0.2, -0.15) is 0 Å². The Balaban J connectivity index is 2.81. The molecule has 0 saturated carbocycles. The summed E-state index contributed by atoms with van der Waals surface area (Å²) in [4.78, 5) is 11.1. The van der Waals surface area contributed by atoms with Crippen molar-refractivity contribution in [1.29, 1.82) is 0 Å². The maximum atomic E-state index is 11.1. The molecule has 0 aliphatic heterocycles. The Morgan fingerprint density at radius 1 is 1.38 bits per heavy atom. The van der Waals surface area contributed by atoms with Crippen LogP contribution in [0.2, 0.25) is 0 Å². The van der Waals surface area contributed by atoms with E-state index in [1.807, 2.05) is 12.1 Å². The van der Waals surface area contributed by atoms with Crippen molar-refractivity contribution in [3.05, 3.63) is 35.4 Å². The lowest BCUT2D eigenvalue weighted by Crippen LogP contribution is -2.04. The Kier molecular flexibility index (Phi) is 2.97. The van der Waals surface area contributed by atoms with Gasteiger partial charge < -0.3 is 4.74 Å². The highest BCUT2D eigenvalue weighted by Gasteiger charge is 2.01. The molecule has 13 heavy (non-hydrogen) atoms. The van der Waals surface area contributed by atoms with Gasteiger partial charge in [-0.15, -0.1) is 0 Å². The first-order valence-electron chi connectivity index (χ1n) is 4.85. The first kappa shape index (κ1) is 8.30. The molecular formula is C11H14O2. The van der Waals surface area contributed by atoms with Gasteiger partial charge in [0.05, 0.1) is 13.5 Å². The number of hydrogen-bond acceptors (Lipinski definition) is 2. The van der Waals surface area contributed by atoms with Crippen LogP contribution in [-0.2, 0) is 22.3 Å². The number of aryl methyl sites for hydroxylation is 1. The number of methoxy groups -OCH3 is 1. The van der Waals surface area contributed by atoms with Gasteiger partial charge in [-0.25, -0.2) is 0 Å². The van der Waals surface area contributed by atoms with Crippen molar-refractivity contribution >= 4 is 5.97 Å². The lowest BCUT2D eigenvalue weighted by molar-refractivity contribution is -0.139. The molecule has 0 aromatic heterocycles. The molecule has 1 aromatic rings. The molecule has 1 unspecified atom stereocenters. The van der Waals surface area contributed by atoms with Gasteiger partial charge in [-0.05, 0) is 17.5 Å². The van der Waals surface area contributed by atoms with Crippen LogP contribution in [0, 0.1) is 0 Å². The molecular weight excluding hydrogens is 164 g/mol. The lowest BCUT2D eigenvalue weighted by atomic mass is 10.1. The van der Waals surface area contributed by atoms with Gasteiger partial charge in [0.15, 0.2) is 0 Å². The van der Waals surface area contributed by atoms with E-state index in [-0.39, 0.29) is 0 Å². The normalized spacial score (nSPS) is 13.2. The summed E-state index contributed by atoms with van der Waals surface area (Å²) in [7, 11) is 1.30. The van der Waals surface area contributed by atoms with Gasteiger partial charge in [-0.3, -0.25) is 4.79 Å². The maximum Gasteiger partial charge on any atom is 0.309 e. The van der Waals surface area contributed by atoms with Crippen molar-refractivity contribution < 1.29 is 10.9 Å². The van der Waals surface area contributed by atoms with Crippen LogP contribution in [0.4, 0.5) is 0 Å². The number of ether oxygens (including phenoxy) is 1. The van der Waals surface area contributed by atoms with Crippen molar-refractivity contribution in [3.63, 3.8) is 0 Å². The Labute approximate surface area is 79.9 Å². The standard InChI is InChI=1S/C11H14O2/c1-3-9-4-6-10(7-5-9)8-11(12)13-2/h4-7H,3,8H2,1-2H3/i8D. The van der Waals surface area contributed by atoms with E-state index in [0.29, 0.717) is 5.56 Å². The zero-order valence-electron chi connectivity index (χ0n) is 8.91. The molecule has 0 aliphatic carbocycles. The van der Waals surface area contributed by atoms with Crippen molar-refractivity contribution in [2.24, 2.45) is 0 Å². The van der Waals surface area contributed by atoms with E-state index in [9.17, 15) is 4.79 Å². The van der Waals surface area contributed by atoms with Crippen LogP contribution in [-0.4, -0.2) is 13.1 Å². The second-order valence-corrected chi connectivity index (χ2v) is 2.76. The number of hydrogen-bond donors (Lipinski definition) is 0. The van der Waals surface area contributed by atoms with E-state index >= 15 is 0 Å². The summed E-state index contributed by atoms with van der Waals surface area (Å²) in [5.74, 6) is -0.519. The largest absolute Gasteiger partial charge is 0.469 e. The van der Waals surface area contributed by atoms with Crippen molar-refractivity contribution in [2.45, 2.75) is 19.7 Å². The second-order valence-electron chi connectivity index (χ2n) is 2.76. The van der Waals surface area contributed by atoms with Crippen LogP contribution in [0.25, 0.3) is 0 Å². The van der Waals surface area contributed by atoms with Gasteiger partial charge >= 0.3 is 5.97 Å². The molecule has 2 heteroatoms. The summed E-state index contributed by atoms with van der Waals surface area (Å²) in [6.45, 7) is 2.06. The minimum absolute atomic E-state index is 0.519. The van der Waals surface area contributed by atoms with E-state index in [1.165, 1.54) is 12.7 Å². The fraction of sp³-hybridized carbons (Fsp3) is 0.364. The summed E-state index contributed by atoms with van der Waals surface area (Å²) in [5, 5.41) is 0. The average molecular weight is 179 g/mol. The highest BCUT2D eigenvalue weighted by molar-refractivity contribution is 5.72. The molecule has 70 valence electrons. The van der Waals surface area contributed by atoms with Gasteiger partial charge in [-0.1, -0.05) is 31.2 Å². The molecule has 1 atom stereocenters. The molecule has 0 N–H and O–H groups in total. The van der Waals surface area contributed by atoms with E-state index in [1.54, 1.807) is 12.1 Å². The Morgan fingerprint density at radius 3 is 2.38 bits per heavy atom. The summed E-state index contributed by atoms with van der Waals surface area (Å²) < 4.78 is 12.1. The van der Waals surface area contributed by atoms with E-state index in [4.69, 9.17) is 1.37 Å². The van der Waals surface area contributed by atoms with Gasteiger partial charge in [0.2, 0.25) is 0 Å². The SMILES string of the molecule is [2H]C(C(=O)OC)c1ccc(CC)cc1. The number of esters is 1. The predicted molar refractivity (Wildman–Crippen MR) is 51.5 cm³/mol. The first-order chi connectivity index (χ1) is 6.69. The Morgan fingerprint density at radius 2 is 1.92 bits per heavy atom. The first-order valence-corrected chi connectivity index (χ1v) is 4.28. The smallest absolute Gasteiger partial charge is 0.309 e. The number of carbonyl (C=O) groups excluding carboxylic acids is 1. The van der Waals surface area contributed by atoms with E-state index in [0.717, 1.165) is 6.42 Å². The maximum absolute atomic E-state index is 11.1. The Hall–Kier alpha value is -1.31. The van der Waals surface area contributed by atoms with Gasteiger partial charge in [0.1, 0.15) is 0 Å². The second kappa shape index (κ2) is 4.65. The molecule has 0 fully saturated rings. The molecule has 0 bridgehead atoms. The van der Waals surface area contributed by atoms with Gasteiger partial charge in [0.25, 0.3) is 0 Å². The third-order valence-corrected chi connectivity index (χ3v) is 1.87. The van der Waals surface area contributed by atoms with Crippen LogP contribution >= 0.6 is 0 Å². The van der Waals surface area contributed by atoms with Crippen molar-refractivity contribution in [3.8, 4) is 0 Å². The average Bonchev–Trinajstić information content (AvgIpc) is 2.27. The van der Waals surface area contributed by atoms with Crippen LogP contribution in [0.1, 0.15) is 19.4 Å². The third-order valence-electron chi connectivity index (χ3n) is 1.87. The molecule has 0 aliphatic rings. The van der Waals surface area contributed by atoms with E-state index < -0.39 is 12.4 Å². The zero-order chi connectivity index (χ0) is 10.6. The Bertz CT molecular complexity index is 306.